The Hall–Kier alpha value is -2.05. The van der Waals surface area contributed by atoms with Gasteiger partial charge in [-0.05, 0) is 33.6 Å². The molecule has 1 saturated heterocycles. The Kier molecular flexibility index (Phi) is 5.57. The molecule has 1 rings (SSSR count). The Morgan fingerprint density at radius 1 is 1.32 bits per heavy atom. The number of piperidine rings is 1. The molecule has 1 aliphatic rings. The molecular formula is C15H24N2O5. The number of likely N-dealkylation sites (tertiary alicyclic amines) is 1. The zero-order valence-electron chi connectivity index (χ0n) is 14.0. The molecule has 0 aromatic rings. The SMILES string of the molecule is COC(=O)C1CC/C(=C\N(C)C)C(=O)N1C(=O)OC(C)(C)C. The lowest BCUT2D eigenvalue weighted by Crippen LogP contribution is -2.53. The molecule has 0 spiro atoms. The summed E-state index contributed by atoms with van der Waals surface area (Å²) in [4.78, 5) is 39.3. The van der Waals surface area contributed by atoms with Crippen LogP contribution in [0.4, 0.5) is 4.79 Å². The summed E-state index contributed by atoms with van der Waals surface area (Å²) in [6.07, 6.45) is 1.53. The van der Waals surface area contributed by atoms with Gasteiger partial charge in [-0.1, -0.05) is 0 Å². The maximum Gasteiger partial charge on any atom is 0.418 e. The standard InChI is InChI=1S/C15H24N2O5/c1-15(2,3)22-14(20)17-11(13(19)21-6)8-7-10(12(17)18)9-16(4)5/h9,11H,7-8H2,1-6H3/b10-9+. The van der Waals surface area contributed by atoms with Gasteiger partial charge in [-0.2, -0.15) is 0 Å². The Bertz CT molecular complexity index is 491. The van der Waals surface area contributed by atoms with Crippen molar-refractivity contribution in [3.63, 3.8) is 0 Å². The lowest BCUT2D eigenvalue weighted by Gasteiger charge is -2.34. The van der Waals surface area contributed by atoms with Gasteiger partial charge >= 0.3 is 12.1 Å². The highest BCUT2D eigenvalue weighted by atomic mass is 16.6. The molecule has 0 bridgehead atoms. The second-order valence-corrected chi connectivity index (χ2v) is 6.35. The summed E-state index contributed by atoms with van der Waals surface area (Å²) in [5.74, 6) is -1.15. The van der Waals surface area contributed by atoms with Gasteiger partial charge in [0.05, 0.1) is 7.11 Å². The normalized spacial score (nSPS) is 20.8. The highest BCUT2D eigenvalue weighted by Gasteiger charge is 2.42. The van der Waals surface area contributed by atoms with Gasteiger partial charge in [0, 0.05) is 25.9 Å². The molecular weight excluding hydrogens is 288 g/mol. The van der Waals surface area contributed by atoms with Crippen molar-refractivity contribution in [1.29, 1.82) is 0 Å². The van der Waals surface area contributed by atoms with E-state index in [0.29, 0.717) is 18.4 Å². The summed E-state index contributed by atoms with van der Waals surface area (Å²) < 4.78 is 9.94. The quantitative estimate of drug-likeness (QED) is 0.568. The molecule has 0 radical (unpaired) electrons. The molecule has 7 nitrogen and oxygen atoms in total. The van der Waals surface area contributed by atoms with Gasteiger partial charge in [-0.15, -0.1) is 0 Å². The van der Waals surface area contributed by atoms with E-state index in [4.69, 9.17) is 9.47 Å². The molecule has 0 aromatic heterocycles. The van der Waals surface area contributed by atoms with E-state index in [1.165, 1.54) is 7.11 Å². The third-order valence-electron chi connectivity index (χ3n) is 2.97. The van der Waals surface area contributed by atoms with E-state index in [0.717, 1.165) is 4.90 Å². The highest BCUT2D eigenvalue weighted by Crippen LogP contribution is 2.26. The number of nitrogens with zero attached hydrogens (tertiary/aromatic N) is 2. The van der Waals surface area contributed by atoms with Crippen molar-refractivity contribution < 1.29 is 23.9 Å². The van der Waals surface area contributed by atoms with Crippen LogP contribution >= 0.6 is 0 Å². The lowest BCUT2D eigenvalue weighted by atomic mass is 9.98. The van der Waals surface area contributed by atoms with Crippen LogP contribution in [0.25, 0.3) is 0 Å². The van der Waals surface area contributed by atoms with Crippen molar-refractivity contribution in [2.75, 3.05) is 21.2 Å². The molecule has 2 amide bonds. The number of hydrogen-bond donors (Lipinski definition) is 0. The molecule has 7 heteroatoms. The number of methoxy groups -OCH3 is 1. The minimum atomic E-state index is -0.952. The predicted octanol–water partition coefficient (Wildman–Crippen LogP) is 1.53. The summed E-state index contributed by atoms with van der Waals surface area (Å²) >= 11 is 0. The van der Waals surface area contributed by atoms with Crippen LogP contribution in [0, 0.1) is 0 Å². The molecule has 1 heterocycles. The molecule has 124 valence electrons. The number of amides is 2. The first-order valence-electron chi connectivity index (χ1n) is 7.08. The van der Waals surface area contributed by atoms with Crippen LogP contribution in [0.15, 0.2) is 11.8 Å². The molecule has 0 saturated carbocycles. The first-order chi connectivity index (χ1) is 10.1. The average Bonchev–Trinajstić information content (AvgIpc) is 2.37. The van der Waals surface area contributed by atoms with Crippen LogP contribution in [0.2, 0.25) is 0 Å². The molecule has 1 atom stereocenters. The van der Waals surface area contributed by atoms with Crippen molar-refractivity contribution in [2.45, 2.75) is 45.3 Å². The molecule has 1 fully saturated rings. The average molecular weight is 312 g/mol. The summed E-state index contributed by atoms with van der Waals surface area (Å²) in [5.41, 5.74) is -0.308. The van der Waals surface area contributed by atoms with E-state index in [1.54, 1.807) is 46.0 Å². The third-order valence-corrected chi connectivity index (χ3v) is 2.97. The summed E-state index contributed by atoms with van der Waals surface area (Å²) in [7, 11) is 4.79. The number of imide groups is 1. The monoisotopic (exact) mass is 312 g/mol. The second-order valence-electron chi connectivity index (χ2n) is 6.35. The first-order valence-corrected chi connectivity index (χ1v) is 7.08. The Labute approximate surface area is 130 Å². The number of carbonyl (C=O) groups is 3. The number of hydrogen-bond acceptors (Lipinski definition) is 6. The van der Waals surface area contributed by atoms with Crippen LogP contribution in [-0.2, 0) is 19.1 Å². The van der Waals surface area contributed by atoms with Crippen LogP contribution in [0.3, 0.4) is 0 Å². The minimum Gasteiger partial charge on any atom is -0.467 e. The van der Waals surface area contributed by atoms with Gasteiger partial charge < -0.3 is 14.4 Å². The number of carbonyl (C=O) groups excluding carboxylic acids is 3. The fourth-order valence-corrected chi connectivity index (χ4v) is 2.14. The van der Waals surface area contributed by atoms with Crippen LogP contribution in [0.1, 0.15) is 33.6 Å². The van der Waals surface area contributed by atoms with Gasteiger partial charge in [0.2, 0.25) is 0 Å². The van der Waals surface area contributed by atoms with E-state index >= 15 is 0 Å². The largest absolute Gasteiger partial charge is 0.467 e. The Morgan fingerprint density at radius 3 is 2.36 bits per heavy atom. The van der Waals surface area contributed by atoms with Gasteiger partial charge in [0.1, 0.15) is 11.6 Å². The van der Waals surface area contributed by atoms with Gasteiger partial charge in [0.15, 0.2) is 0 Å². The molecule has 22 heavy (non-hydrogen) atoms. The first kappa shape index (κ1) is 18.0. The zero-order chi connectivity index (χ0) is 17.1. The Balaban J connectivity index is 3.12. The van der Waals surface area contributed by atoms with Crippen molar-refractivity contribution in [2.24, 2.45) is 0 Å². The number of ether oxygens (including phenoxy) is 2. The van der Waals surface area contributed by atoms with Crippen LogP contribution in [0.5, 0.6) is 0 Å². The van der Waals surface area contributed by atoms with E-state index in [2.05, 4.69) is 0 Å². The highest BCUT2D eigenvalue weighted by molar-refractivity contribution is 6.06. The third kappa shape index (κ3) is 4.47. The smallest absolute Gasteiger partial charge is 0.418 e. The van der Waals surface area contributed by atoms with E-state index in [-0.39, 0.29) is 0 Å². The lowest BCUT2D eigenvalue weighted by molar-refractivity contribution is -0.152. The number of rotatable bonds is 2. The van der Waals surface area contributed by atoms with Gasteiger partial charge in [-0.3, -0.25) is 4.79 Å². The number of esters is 1. The van der Waals surface area contributed by atoms with E-state index in [1.807, 2.05) is 0 Å². The summed E-state index contributed by atoms with van der Waals surface area (Å²) in [6, 6.07) is -0.952. The molecule has 0 aliphatic carbocycles. The minimum absolute atomic E-state index is 0.317. The fraction of sp³-hybridized carbons (Fsp3) is 0.667. The maximum absolute atomic E-state index is 12.5. The topological polar surface area (TPSA) is 76.2 Å². The molecule has 0 aromatic carbocycles. The van der Waals surface area contributed by atoms with Gasteiger partial charge in [0.25, 0.3) is 5.91 Å². The summed E-state index contributed by atoms with van der Waals surface area (Å²) in [5, 5.41) is 0. The predicted molar refractivity (Wildman–Crippen MR) is 79.9 cm³/mol. The maximum atomic E-state index is 12.5. The molecule has 1 unspecified atom stereocenters. The summed E-state index contributed by atoms with van der Waals surface area (Å²) in [6.45, 7) is 5.09. The van der Waals surface area contributed by atoms with Crippen LogP contribution in [-0.4, -0.2) is 60.6 Å². The fourth-order valence-electron chi connectivity index (χ4n) is 2.14. The van der Waals surface area contributed by atoms with Crippen LogP contribution < -0.4 is 0 Å². The second kappa shape index (κ2) is 6.81. The molecule has 0 N–H and O–H groups in total. The molecule has 1 aliphatic heterocycles. The van der Waals surface area contributed by atoms with Crippen molar-refractivity contribution in [1.82, 2.24) is 9.80 Å². The van der Waals surface area contributed by atoms with Crippen molar-refractivity contribution in [3.8, 4) is 0 Å². The van der Waals surface area contributed by atoms with Gasteiger partial charge in [-0.25, -0.2) is 14.5 Å². The van der Waals surface area contributed by atoms with E-state index in [9.17, 15) is 14.4 Å². The zero-order valence-corrected chi connectivity index (χ0v) is 14.0. The van der Waals surface area contributed by atoms with Crippen molar-refractivity contribution in [3.05, 3.63) is 11.8 Å². The van der Waals surface area contributed by atoms with E-state index < -0.39 is 29.6 Å². The van der Waals surface area contributed by atoms with Crippen molar-refractivity contribution >= 4 is 18.0 Å². The Morgan fingerprint density at radius 2 is 1.91 bits per heavy atom.